The van der Waals surface area contributed by atoms with Gasteiger partial charge in [0.25, 0.3) is 0 Å². The van der Waals surface area contributed by atoms with Crippen LogP contribution < -0.4 is 10.3 Å². The first-order chi connectivity index (χ1) is 15.6. The molecule has 1 atom stereocenters. The molecule has 2 aliphatic heterocycles. The average molecular weight is 428 g/mol. The van der Waals surface area contributed by atoms with E-state index in [1.165, 1.54) is 25.0 Å². The largest absolute Gasteiger partial charge is 0.457 e. The molecule has 2 aromatic rings. The Kier molecular flexibility index (Phi) is 5.39. The first-order valence-corrected chi connectivity index (χ1v) is 11.1. The molecule has 0 bridgehead atoms. The minimum absolute atomic E-state index is 0.115. The van der Waals surface area contributed by atoms with Gasteiger partial charge in [0.15, 0.2) is 5.43 Å². The van der Waals surface area contributed by atoms with E-state index in [0.717, 1.165) is 40.9 Å². The average Bonchev–Trinajstić information content (AvgIpc) is 3.32. The number of carbonyl (C=O) groups excluding carboxylic acids is 1. The van der Waals surface area contributed by atoms with Crippen LogP contribution in [0.2, 0.25) is 0 Å². The number of ether oxygens (including phenoxy) is 1. The van der Waals surface area contributed by atoms with Crippen LogP contribution in [0.15, 0.2) is 75.9 Å². The highest BCUT2D eigenvalue weighted by atomic mass is 16.5. The maximum absolute atomic E-state index is 12.6. The first kappa shape index (κ1) is 20.3. The highest BCUT2D eigenvalue weighted by Crippen LogP contribution is 2.39. The molecule has 0 radical (unpaired) electrons. The van der Waals surface area contributed by atoms with Gasteiger partial charge in [-0.2, -0.15) is 0 Å². The summed E-state index contributed by atoms with van der Waals surface area (Å²) in [5.74, 6) is 0.212. The molecule has 162 valence electrons. The Morgan fingerprint density at radius 3 is 2.59 bits per heavy atom. The van der Waals surface area contributed by atoms with Gasteiger partial charge in [0.05, 0.1) is 6.42 Å². The molecule has 5 rings (SSSR count). The maximum Gasteiger partial charge on any atom is 0.310 e. The molecule has 0 aromatic heterocycles. The number of carbonyl (C=O) groups is 1. The lowest BCUT2D eigenvalue weighted by molar-refractivity contribution is -0.147. The van der Waals surface area contributed by atoms with Crippen molar-refractivity contribution in [2.75, 3.05) is 18.0 Å². The highest BCUT2D eigenvalue weighted by Gasteiger charge is 2.24. The zero-order valence-electron chi connectivity index (χ0n) is 18.0. The molecular weight excluding hydrogens is 402 g/mol. The predicted molar refractivity (Wildman–Crippen MR) is 125 cm³/mol. The Balaban J connectivity index is 1.54. The SMILES string of the molecule is CC(OC(=O)Cc1ccccc1)c1c2ccc(=O)cc-2oc2cc(N3CCCC3)ccc12. The normalized spacial score (nSPS) is 14.7. The Morgan fingerprint density at radius 1 is 1.03 bits per heavy atom. The molecule has 0 amide bonds. The van der Waals surface area contributed by atoms with E-state index in [2.05, 4.69) is 11.0 Å². The van der Waals surface area contributed by atoms with Gasteiger partial charge in [0.1, 0.15) is 17.4 Å². The number of hydrogen-bond donors (Lipinski definition) is 0. The van der Waals surface area contributed by atoms with Crippen molar-refractivity contribution < 1.29 is 13.9 Å². The first-order valence-electron chi connectivity index (χ1n) is 11.1. The zero-order chi connectivity index (χ0) is 22.1. The van der Waals surface area contributed by atoms with Crippen molar-refractivity contribution in [3.05, 3.63) is 88.1 Å². The van der Waals surface area contributed by atoms with Crippen LogP contribution in [0.25, 0.3) is 22.3 Å². The van der Waals surface area contributed by atoms with Crippen molar-refractivity contribution in [3.8, 4) is 11.3 Å². The summed E-state index contributed by atoms with van der Waals surface area (Å²) in [4.78, 5) is 27.0. The molecule has 0 N–H and O–H groups in total. The second-order valence-corrected chi connectivity index (χ2v) is 8.34. The molecule has 1 aliphatic carbocycles. The fourth-order valence-corrected chi connectivity index (χ4v) is 4.56. The number of rotatable bonds is 5. The Labute approximate surface area is 186 Å². The molecule has 3 aliphatic rings. The van der Waals surface area contributed by atoms with E-state index in [0.29, 0.717) is 11.3 Å². The van der Waals surface area contributed by atoms with Crippen molar-refractivity contribution in [3.63, 3.8) is 0 Å². The maximum atomic E-state index is 12.6. The van der Waals surface area contributed by atoms with E-state index >= 15 is 0 Å². The van der Waals surface area contributed by atoms with Crippen LogP contribution >= 0.6 is 0 Å². The number of nitrogens with zero attached hydrogens (tertiary/aromatic N) is 1. The van der Waals surface area contributed by atoms with Gasteiger partial charge in [-0.25, -0.2) is 0 Å². The van der Waals surface area contributed by atoms with Crippen LogP contribution in [-0.4, -0.2) is 19.1 Å². The van der Waals surface area contributed by atoms with Gasteiger partial charge < -0.3 is 14.1 Å². The van der Waals surface area contributed by atoms with Gasteiger partial charge >= 0.3 is 5.97 Å². The summed E-state index contributed by atoms with van der Waals surface area (Å²) < 4.78 is 12.0. The number of anilines is 1. The third kappa shape index (κ3) is 3.98. The van der Waals surface area contributed by atoms with Gasteiger partial charge in [-0.05, 0) is 49.6 Å². The second-order valence-electron chi connectivity index (χ2n) is 8.34. The lowest BCUT2D eigenvalue weighted by Gasteiger charge is -2.22. The monoisotopic (exact) mass is 427 g/mol. The summed E-state index contributed by atoms with van der Waals surface area (Å²) in [7, 11) is 0. The van der Waals surface area contributed by atoms with E-state index in [4.69, 9.17) is 9.15 Å². The fourth-order valence-electron chi connectivity index (χ4n) is 4.56. The van der Waals surface area contributed by atoms with Crippen LogP contribution in [-0.2, 0) is 16.0 Å². The fraction of sp³-hybridized carbons (Fsp3) is 0.259. The summed E-state index contributed by atoms with van der Waals surface area (Å²) in [5.41, 5.74) is 4.23. The summed E-state index contributed by atoms with van der Waals surface area (Å²) in [6.45, 7) is 3.94. The molecule has 2 heterocycles. The van der Waals surface area contributed by atoms with Crippen molar-refractivity contribution in [1.29, 1.82) is 0 Å². The van der Waals surface area contributed by atoms with Crippen molar-refractivity contribution in [2.24, 2.45) is 0 Å². The molecule has 1 unspecified atom stereocenters. The summed E-state index contributed by atoms with van der Waals surface area (Å²) in [6, 6.07) is 20.5. The lowest BCUT2D eigenvalue weighted by Crippen LogP contribution is -2.17. The standard InChI is InChI=1S/C27H25NO4/c1-18(31-26(30)15-19-7-3-2-4-8-19)27-22-11-9-20(28-13-5-6-14-28)16-24(22)32-25-17-21(29)10-12-23(25)27/h2-4,7-12,16-18H,5-6,13-15H2,1H3. The van der Waals surface area contributed by atoms with Crippen molar-refractivity contribution >= 4 is 22.6 Å². The molecule has 5 heteroatoms. The Hall–Kier alpha value is -3.60. The second kappa shape index (κ2) is 8.50. The molecule has 0 saturated carbocycles. The van der Waals surface area contributed by atoms with Crippen LogP contribution in [0.1, 0.15) is 37.0 Å². The van der Waals surface area contributed by atoms with E-state index in [1.54, 1.807) is 6.07 Å². The van der Waals surface area contributed by atoms with Crippen LogP contribution in [0.4, 0.5) is 5.69 Å². The molecule has 5 nitrogen and oxygen atoms in total. The quantitative estimate of drug-likeness (QED) is 0.318. The molecule has 1 saturated heterocycles. The summed E-state index contributed by atoms with van der Waals surface area (Å²) in [5, 5.41) is 0.888. The summed E-state index contributed by atoms with van der Waals surface area (Å²) >= 11 is 0. The zero-order valence-corrected chi connectivity index (χ0v) is 18.0. The predicted octanol–water partition coefficient (Wildman–Crippen LogP) is 5.34. The Bertz CT molecular complexity index is 1290. The van der Waals surface area contributed by atoms with E-state index in [9.17, 15) is 9.59 Å². The van der Waals surface area contributed by atoms with Crippen molar-refractivity contribution in [1.82, 2.24) is 0 Å². The van der Waals surface area contributed by atoms with Gasteiger partial charge in [-0.1, -0.05) is 30.3 Å². The number of esters is 1. The lowest BCUT2D eigenvalue weighted by atomic mass is 9.95. The van der Waals surface area contributed by atoms with Crippen LogP contribution in [0.5, 0.6) is 0 Å². The topological polar surface area (TPSA) is 59.8 Å². The van der Waals surface area contributed by atoms with Gasteiger partial charge in [0, 0.05) is 47.4 Å². The van der Waals surface area contributed by atoms with Gasteiger partial charge in [-0.15, -0.1) is 0 Å². The third-order valence-electron chi connectivity index (χ3n) is 6.10. The molecule has 2 aromatic carbocycles. The summed E-state index contributed by atoms with van der Waals surface area (Å²) in [6.07, 6.45) is 2.09. The van der Waals surface area contributed by atoms with E-state index in [-0.39, 0.29) is 17.8 Å². The van der Waals surface area contributed by atoms with E-state index in [1.807, 2.05) is 49.4 Å². The molecular formula is C27H25NO4. The Morgan fingerprint density at radius 2 is 1.81 bits per heavy atom. The van der Waals surface area contributed by atoms with Gasteiger partial charge in [0.2, 0.25) is 0 Å². The third-order valence-corrected chi connectivity index (χ3v) is 6.10. The minimum atomic E-state index is -0.497. The minimum Gasteiger partial charge on any atom is -0.457 e. The molecule has 0 spiro atoms. The van der Waals surface area contributed by atoms with Gasteiger partial charge in [-0.3, -0.25) is 9.59 Å². The van der Waals surface area contributed by atoms with Crippen LogP contribution in [0, 0.1) is 0 Å². The molecule has 1 fully saturated rings. The van der Waals surface area contributed by atoms with Crippen molar-refractivity contribution in [2.45, 2.75) is 32.3 Å². The number of benzene rings is 3. The highest BCUT2D eigenvalue weighted by molar-refractivity contribution is 5.91. The van der Waals surface area contributed by atoms with E-state index < -0.39 is 6.10 Å². The van der Waals surface area contributed by atoms with Crippen LogP contribution in [0.3, 0.4) is 0 Å². The number of fused-ring (bicyclic) bond motifs is 2. The number of hydrogen-bond acceptors (Lipinski definition) is 5. The smallest absolute Gasteiger partial charge is 0.310 e. The molecule has 32 heavy (non-hydrogen) atoms.